The Morgan fingerprint density at radius 1 is 1.32 bits per heavy atom. The van der Waals surface area contributed by atoms with Crippen LogP contribution in [0.3, 0.4) is 0 Å². The Bertz CT molecular complexity index is 530. The molecule has 4 nitrogen and oxygen atoms in total. The molecule has 1 atom stereocenters. The Hall–Kier alpha value is -1.65. The van der Waals surface area contributed by atoms with Crippen molar-refractivity contribution in [3.63, 3.8) is 0 Å². The van der Waals surface area contributed by atoms with E-state index in [-0.39, 0.29) is 6.04 Å². The van der Waals surface area contributed by atoms with Crippen LogP contribution in [-0.2, 0) is 0 Å². The second kappa shape index (κ2) is 6.50. The fraction of sp³-hybridized carbons (Fsp3) is 0.286. The van der Waals surface area contributed by atoms with Crippen molar-refractivity contribution >= 4 is 11.6 Å². The second-order valence-corrected chi connectivity index (χ2v) is 4.69. The predicted octanol–water partition coefficient (Wildman–Crippen LogP) is 2.78. The summed E-state index contributed by atoms with van der Waals surface area (Å²) in [6.45, 7) is 2.62. The SMILES string of the molecule is CNC(C)COc1cnc(-c2cccc(Cl)c2)nc1. The third kappa shape index (κ3) is 3.91. The molecule has 5 heteroatoms. The van der Waals surface area contributed by atoms with E-state index in [1.165, 1.54) is 0 Å². The van der Waals surface area contributed by atoms with E-state index >= 15 is 0 Å². The Kier molecular flexibility index (Phi) is 4.71. The molecule has 0 saturated heterocycles. The van der Waals surface area contributed by atoms with Crippen LogP contribution in [-0.4, -0.2) is 29.7 Å². The summed E-state index contributed by atoms with van der Waals surface area (Å²) in [5.74, 6) is 1.30. The van der Waals surface area contributed by atoms with Gasteiger partial charge in [-0.15, -0.1) is 0 Å². The third-order valence-corrected chi connectivity index (χ3v) is 2.94. The van der Waals surface area contributed by atoms with Gasteiger partial charge >= 0.3 is 0 Å². The van der Waals surface area contributed by atoms with Crippen LogP contribution in [0.5, 0.6) is 5.75 Å². The Morgan fingerprint density at radius 2 is 2.05 bits per heavy atom. The van der Waals surface area contributed by atoms with E-state index in [1.807, 2.05) is 38.2 Å². The monoisotopic (exact) mass is 277 g/mol. The van der Waals surface area contributed by atoms with Gasteiger partial charge in [-0.1, -0.05) is 23.7 Å². The molecule has 1 N–H and O–H groups in total. The van der Waals surface area contributed by atoms with Gasteiger partial charge in [-0.05, 0) is 26.1 Å². The zero-order valence-electron chi connectivity index (χ0n) is 10.9. The van der Waals surface area contributed by atoms with Gasteiger partial charge in [0.2, 0.25) is 0 Å². The molecule has 0 radical (unpaired) electrons. The van der Waals surface area contributed by atoms with Crippen molar-refractivity contribution in [3.8, 4) is 17.1 Å². The zero-order valence-corrected chi connectivity index (χ0v) is 11.7. The number of aromatic nitrogens is 2. The molecule has 1 unspecified atom stereocenters. The number of nitrogens with one attached hydrogen (secondary N) is 1. The highest BCUT2D eigenvalue weighted by molar-refractivity contribution is 6.30. The molecule has 0 bridgehead atoms. The van der Waals surface area contributed by atoms with Gasteiger partial charge in [0.15, 0.2) is 11.6 Å². The Labute approximate surface area is 117 Å². The van der Waals surface area contributed by atoms with E-state index in [9.17, 15) is 0 Å². The molecule has 2 aromatic rings. The van der Waals surface area contributed by atoms with Crippen molar-refractivity contribution in [2.45, 2.75) is 13.0 Å². The smallest absolute Gasteiger partial charge is 0.159 e. The van der Waals surface area contributed by atoms with Crippen molar-refractivity contribution in [1.82, 2.24) is 15.3 Å². The topological polar surface area (TPSA) is 47.0 Å². The molecular formula is C14H16ClN3O. The minimum Gasteiger partial charge on any atom is -0.489 e. The summed E-state index contributed by atoms with van der Waals surface area (Å²) in [6.07, 6.45) is 3.34. The molecule has 1 aromatic heterocycles. The first-order chi connectivity index (χ1) is 9.19. The Morgan fingerprint density at radius 3 is 2.68 bits per heavy atom. The summed E-state index contributed by atoms with van der Waals surface area (Å²) in [7, 11) is 1.90. The molecule has 1 heterocycles. The molecule has 0 aliphatic carbocycles. The lowest BCUT2D eigenvalue weighted by Gasteiger charge is -2.11. The van der Waals surface area contributed by atoms with E-state index in [2.05, 4.69) is 15.3 Å². The number of rotatable bonds is 5. The van der Waals surface area contributed by atoms with Crippen LogP contribution in [0, 0.1) is 0 Å². The molecule has 0 spiro atoms. The maximum absolute atomic E-state index is 5.94. The van der Waals surface area contributed by atoms with E-state index in [0.717, 1.165) is 5.56 Å². The van der Waals surface area contributed by atoms with Crippen LogP contribution in [0.2, 0.25) is 5.02 Å². The van der Waals surface area contributed by atoms with Crippen LogP contribution in [0.25, 0.3) is 11.4 Å². The third-order valence-electron chi connectivity index (χ3n) is 2.70. The van der Waals surface area contributed by atoms with E-state index < -0.39 is 0 Å². The molecule has 1 aromatic carbocycles. The highest BCUT2D eigenvalue weighted by Gasteiger charge is 2.04. The van der Waals surface area contributed by atoms with Crippen molar-refractivity contribution in [1.29, 1.82) is 0 Å². The molecule has 100 valence electrons. The van der Waals surface area contributed by atoms with Crippen molar-refractivity contribution in [2.75, 3.05) is 13.7 Å². The van der Waals surface area contributed by atoms with Gasteiger partial charge in [-0.25, -0.2) is 9.97 Å². The molecular weight excluding hydrogens is 262 g/mol. The van der Waals surface area contributed by atoms with E-state index in [0.29, 0.717) is 23.2 Å². The minimum atomic E-state index is 0.285. The molecule has 0 aliphatic heterocycles. The molecule has 0 amide bonds. The second-order valence-electron chi connectivity index (χ2n) is 4.25. The number of ether oxygens (including phenoxy) is 1. The lowest BCUT2D eigenvalue weighted by atomic mass is 10.2. The van der Waals surface area contributed by atoms with Gasteiger partial charge in [0, 0.05) is 16.6 Å². The molecule has 0 saturated carbocycles. The van der Waals surface area contributed by atoms with Gasteiger partial charge in [0.05, 0.1) is 12.4 Å². The molecule has 0 aliphatic rings. The fourth-order valence-electron chi connectivity index (χ4n) is 1.47. The normalized spacial score (nSPS) is 12.2. The van der Waals surface area contributed by atoms with Gasteiger partial charge in [0.1, 0.15) is 6.61 Å². The van der Waals surface area contributed by atoms with E-state index in [1.54, 1.807) is 12.4 Å². The van der Waals surface area contributed by atoms with Crippen LogP contribution in [0.15, 0.2) is 36.7 Å². The first-order valence-corrected chi connectivity index (χ1v) is 6.45. The van der Waals surface area contributed by atoms with Crippen molar-refractivity contribution in [2.24, 2.45) is 0 Å². The number of benzene rings is 1. The van der Waals surface area contributed by atoms with Gasteiger partial charge in [0.25, 0.3) is 0 Å². The summed E-state index contributed by atoms with van der Waals surface area (Å²) >= 11 is 5.94. The fourth-order valence-corrected chi connectivity index (χ4v) is 1.66. The Balaban J connectivity index is 2.06. The van der Waals surface area contributed by atoms with Gasteiger partial charge < -0.3 is 10.1 Å². The zero-order chi connectivity index (χ0) is 13.7. The van der Waals surface area contributed by atoms with Crippen molar-refractivity contribution < 1.29 is 4.74 Å². The highest BCUT2D eigenvalue weighted by Crippen LogP contribution is 2.20. The van der Waals surface area contributed by atoms with Crippen LogP contribution >= 0.6 is 11.6 Å². The van der Waals surface area contributed by atoms with Gasteiger partial charge in [-0.3, -0.25) is 0 Å². The highest BCUT2D eigenvalue weighted by atomic mass is 35.5. The number of halogens is 1. The first kappa shape index (κ1) is 13.8. The lowest BCUT2D eigenvalue weighted by Crippen LogP contribution is -2.28. The maximum Gasteiger partial charge on any atom is 0.159 e. The number of hydrogen-bond acceptors (Lipinski definition) is 4. The predicted molar refractivity (Wildman–Crippen MR) is 76.5 cm³/mol. The van der Waals surface area contributed by atoms with Crippen molar-refractivity contribution in [3.05, 3.63) is 41.7 Å². The largest absolute Gasteiger partial charge is 0.489 e. The minimum absolute atomic E-state index is 0.285. The lowest BCUT2D eigenvalue weighted by molar-refractivity contribution is 0.278. The number of hydrogen-bond donors (Lipinski definition) is 1. The summed E-state index contributed by atoms with van der Waals surface area (Å²) in [4.78, 5) is 8.56. The number of likely N-dealkylation sites (N-methyl/N-ethyl adjacent to an activating group) is 1. The molecule has 19 heavy (non-hydrogen) atoms. The summed E-state index contributed by atoms with van der Waals surface area (Å²) < 4.78 is 5.56. The maximum atomic E-state index is 5.94. The van der Waals surface area contributed by atoms with Crippen LogP contribution in [0.4, 0.5) is 0 Å². The first-order valence-electron chi connectivity index (χ1n) is 6.07. The average Bonchev–Trinajstić information content (AvgIpc) is 2.45. The summed E-state index contributed by atoms with van der Waals surface area (Å²) in [6, 6.07) is 7.74. The van der Waals surface area contributed by atoms with Crippen LogP contribution in [0.1, 0.15) is 6.92 Å². The molecule has 0 fully saturated rings. The van der Waals surface area contributed by atoms with Gasteiger partial charge in [-0.2, -0.15) is 0 Å². The standard InChI is InChI=1S/C14H16ClN3O/c1-10(16-2)9-19-13-7-17-14(18-8-13)11-4-3-5-12(15)6-11/h3-8,10,16H,9H2,1-2H3. The quantitative estimate of drug-likeness (QED) is 0.913. The average molecular weight is 278 g/mol. The van der Waals surface area contributed by atoms with Crippen LogP contribution < -0.4 is 10.1 Å². The molecule has 2 rings (SSSR count). The summed E-state index contributed by atoms with van der Waals surface area (Å²) in [5, 5.41) is 3.77. The van der Waals surface area contributed by atoms with E-state index in [4.69, 9.17) is 16.3 Å². The summed E-state index contributed by atoms with van der Waals surface area (Å²) in [5.41, 5.74) is 0.891. The number of nitrogens with zero attached hydrogens (tertiary/aromatic N) is 2.